The van der Waals surface area contributed by atoms with Crippen molar-refractivity contribution in [1.82, 2.24) is 0 Å². The van der Waals surface area contributed by atoms with Crippen molar-refractivity contribution in [2.24, 2.45) is 0 Å². The summed E-state index contributed by atoms with van der Waals surface area (Å²) in [5, 5.41) is 0. The van der Waals surface area contributed by atoms with Crippen molar-refractivity contribution in [2.75, 3.05) is 18.9 Å². The average molecular weight is 315 g/mol. The Hall–Kier alpha value is -1.73. The molecule has 0 atom stereocenters. The predicted molar refractivity (Wildman–Crippen MR) is 74.0 cm³/mol. The number of nitrogens with two attached hydrogens (primary N) is 1. The van der Waals surface area contributed by atoms with E-state index < -0.39 is 12.1 Å². The van der Waals surface area contributed by atoms with Gasteiger partial charge in [-0.2, -0.15) is 0 Å². The zero-order valence-electron chi connectivity index (χ0n) is 11.8. The molecular formula is C15H16F3NO3. The lowest BCUT2D eigenvalue weighted by atomic mass is 9.89. The van der Waals surface area contributed by atoms with Gasteiger partial charge in [0.15, 0.2) is 5.79 Å². The van der Waals surface area contributed by atoms with E-state index in [1.165, 1.54) is 18.2 Å². The number of rotatable bonds is 2. The molecular weight excluding hydrogens is 299 g/mol. The third kappa shape index (κ3) is 3.20. The van der Waals surface area contributed by atoms with E-state index in [2.05, 4.69) is 4.74 Å². The van der Waals surface area contributed by atoms with Gasteiger partial charge in [-0.1, -0.05) is 6.08 Å². The van der Waals surface area contributed by atoms with Crippen LogP contribution in [0, 0.1) is 0 Å². The second kappa shape index (κ2) is 5.48. The number of hydrogen-bond donors (Lipinski definition) is 1. The van der Waals surface area contributed by atoms with Crippen molar-refractivity contribution in [3.8, 4) is 5.75 Å². The smallest absolute Gasteiger partial charge is 0.405 e. The summed E-state index contributed by atoms with van der Waals surface area (Å²) in [7, 11) is 0. The van der Waals surface area contributed by atoms with Crippen LogP contribution in [0.25, 0.3) is 5.57 Å². The Morgan fingerprint density at radius 3 is 2.50 bits per heavy atom. The van der Waals surface area contributed by atoms with E-state index in [0.29, 0.717) is 43.7 Å². The lowest BCUT2D eigenvalue weighted by Crippen LogP contribution is -2.31. The van der Waals surface area contributed by atoms with E-state index in [4.69, 9.17) is 15.2 Å². The van der Waals surface area contributed by atoms with Crippen LogP contribution in [0.4, 0.5) is 18.9 Å². The molecule has 0 saturated carbocycles. The number of nitrogen functional groups attached to an aromatic ring is 1. The number of benzene rings is 1. The summed E-state index contributed by atoms with van der Waals surface area (Å²) in [5.74, 6) is -0.855. The highest BCUT2D eigenvalue weighted by molar-refractivity contribution is 5.74. The maximum absolute atomic E-state index is 12.5. The van der Waals surface area contributed by atoms with Gasteiger partial charge in [0.2, 0.25) is 0 Å². The zero-order valence-corrected chi connectivity index (χ0v) is 11.8. The lowest BCUT2D eigenvalue weighted by Gasteiger charge is -2.31. The van der Waals surface area contributed by atoms with E-state index in [1.54, 1.807) is 0 Å². The Bertz CT molecular complexity index is 592. The standard InChI is InChI=1S/C15H16F3NO3/c16-15(17,18)22-13-2-1-11(19)9-12(13)10-3-5-14(6-4-10)20-7-8-21-14/h1-3,9H,4-8,19H2. The van der Waals surface area contributed by atoms with Crippen molar-refractivity contribution >= 4 is 11.3 Å². The molecule has 1 aromatic carbocycles. The van der Waals surface area contributed by atoms with Crippen LogP contribution in [0.1, 0.15) is 24.8 Å². The largest absolute Gasteiger partial charge is 0.573 e. The lowest BCUT2D eigenvalue weighted by molar-refractivity contribution is -0.274. The van der Waals surface area contributed by atoms with Gasteiger partial charge in [0.1, 0.15) is 5.75 Å². The third-order valence-corrected chi connectivity index (χ3v) is 3.82. The van der Waals surface area contributed by atoms with Crippen LogP contribution < -0.4 is 10.5 Å². The molecule has 22 heavy (non-hydrogen) atoms. The average Bonchev–Trinajstić information content (AvgIpc) is 2.89. The third-order valence-electron chi connectivity index (χ3n) is 3.82. The number of ether oxygens (including phenoxy) is 3. The minimum Gasteiger partial charge on any atom is -0.405 e. The molecule has 1 saturated heterocycles. The Kier molecular flexibility index (Phi) is 3.78. The molecule has 2 N–H and O–H groups in total. The van der Waals surface area contributed by atoms with E-state index in [0.717, 1.165) is 5.57 Å². The second-order valence-electron chi connectivity index (χ2n) is 5.34. The molecule has 0 radical (unpaired) electrons. The maximum Gasteiger partial charge on any atom is 0.573 e. The number of allylic oxidation sites excluding steroid dienone is 1. The monoisotopic (exact) mass is 315 g/mol. The van der Waals surface area contributed by atoms with Gasteiger partial charge in [0, 0.05) is 24.1 Å². The maximum atomic E-state index is 12.5. The van der Waals surface area contributed by atoms with Crippen LogP contribution in [-0.4, -0.2) is 25.4 Å². The molecule has 120 valence electrons. The molecule has 4 nitrogen and oxygen atoms in total. The van der Waals surface area contributed by atoms with Gasteiger partial charge < -0.3 is 19.9 Å². The summed E-state index contributed by atoms with van der Waals surface area (Å²) in [5.41, 5.74) is 7.21. The van der Waals surface area contributed by atoms with Crippen LogP contribution in [0.3, 0.4) is 0 Å². The zero-order chi connectivity index (χ0) is 15.8. The van der Waals surface area contributed by atoms with Crippen LogP contribution in [-0.2, 0) is 9.47 Å². The van der Waals surface area contributed by atoms with Gasteiger partial charge in [-0.25, -0.2) is 0 Å². The topological polar surface area (TPSA) is 53.7 Å². The summed E-state index contributed by atoms with van der Waals surface area (Å²) in [6, 6.07) is 4.13. The van der Waals surface area contributed by atoms with Crippen LogP contribution in [0.15, 0.2) is 24.3 Å². The normalized spacial score (nSPS) is 21.0. The summed E-state index contributed by atoms with van der Waals surface area (Å²) < 4.78 is 52.8. The van der Waals surface area contributed by atoms with Crippen LogP contribution in [0.5, 0.6) is 5.75 Å². The van der Waals surface area contributed by atoms with Crippen molar-refractivity contribution < 1.29 is 27.4 Å². The first kappa shape index (κ1) is 15.2. The summed E-state index contributed by atoms with van der Waals surface area (Å²) >= 11 is 0. The van der Waals surface area contributed by atoms with Gasteiger partial charge >= 0.3 is 6.36 Å². The van der Waals surface area contributed by atoms with Gasteiger partial charge in [0.05, 0.1) is 13.2 Å². The fourth-order valence-corrected chi connectivity index (χ4v) is 2.82. The molecule has 0 bridgehead atoms. The number of alkyl halides is 3. The van der Waals surface area contributed by atoms with Crippen molar-refractivity contribution in [2.45, 2.75) is 31.4 Å². The molecule has 1 aromatic rings. The van der Waals surface area contributed by atoms with Gasteiger partial charge in [-0.05, 0) is 30.2 Å². The highest BCUT2D eigenvalue weighted by Gasteiger charge is 2.38. The molecule has 0 unspecified atom stereocenters. The SMILES string of the molecule is Nc1ccc(OC(F)(F)F)c(C2=CCC3(CC2)OCCO3)c1. The van der Waals surface area contributed by atoms with E-state index in [9.17, 15) is 13.2 Å². The molecule has 3 rings (SSSR count). The molecule has 7 heteroatoms. The minimum absolute atomic E-state index is 0.239. The molecule has 1 spiro atoms. The number of anilines is 1. The van der Waals surface area contributed by atoms with Gasteiger partial charge in [0.25, 0.3) is 0 Å². The first-order valence-corrected chi connectivity index (χ1v) is 7.00. The van der Waals surface area contributed by atoms with E-state index in [-0.39, 0.29) is 5.75 Å². The molecule has 1 aliphatic carbocycles. The quantitative estimate of drug-likeness (QED) is 0.849. The fraction of sp³-hybridized carbons (Fsp3) is 0.467. The van der Waals surface area contributed by atoms with Crippen molar-refractivity contribution in [3.05, 3.63) is 29.8 Å². The minimum atomic E-state index is -4.74. The second-order valence-corrected chi connectivity index (χ2v) is 5.34. The Labute approximate surface area is 125 Å². The Morgan fingerprint density at radius 1 is 1.18 bits per heavy atom. The highest BCUT2D eigenvalue weighted by Crippen LogP contribution is 2.41. The van der Waals surface area contributed by atoms with Crippen molar-refractivity contribution in [3.63, 3.8) is 0 Å². The van der Waals surface area contributed by atoms with Gasteiger partial charge in [-0.15, -0.1) is 13.2 Å². The fourth-order valence-electron chi connectivity index (χ4n) is 2.82. The van der Waals surface area contributed by atoms with Crippen LogP contribution >= 0.6 is 0 Å². The summed E-state index contributed by atoms with van der Waals surface area (Å²) in [6.07, 6.45) is -1.26. The molecule has 2 aliphatic rings. The molecule has 0 amide bonds. The van der Waals surface area contributed by atoms with E-state index in [1.807, 2.05) is 6.08 Å². The van der Waals surface area contributed by atoms with E-state index >= 15 is 0 Å². The number of halogens is 3. The molecule has 1 fully saturated rings. The first-order chi connectivity index (χ1) is 10.4. The first-order valence-electron chi connectivity index (χ1n) is 7.00. The molecule has 1 aliphatic heterocycles. The van der Waals surface area contributed by atoms with Gasteiger partial charge in [-0.3, -0.25) is 0 Å². The highest BCUT2D eigenvalue weighted by atomic mass is 19.4. The summed E-state index contributed by atoms with van der Waals surface area (Å²) in [4.78, 5) is 0. The summed E-state index contributed by atoms with van der Waals surface area (Å²) in [6.45, 7) is 1.09. The van der Waals surface area contributed by atoms with Crippen molar-refractivity contribution in [1.29, 1.82) is 0 Å². The number of hydrogen-bond acceptors (Lipinski definition) is 4. The Balaban J connectivity index is 1.88. The molecule has 1 heterocycles. The molecule has 0 aromatic heterocycles. The predicted octanol–water partition coefficient (Wildman–Crippen LogP) is 3.48. The Morgan fingerprint density at radius 2 is 1.91 bits per heavy atom. The van der Waals surface area contributed by atoms with Crippen LogP contribution in [0.2, 0.25) is 0 Å².